The van der Waals surface area contributed by atoms with Crippen molar-refractivity contribution in [2.24, 2.45) is 0 Å². The zero-order chi connectivity index (χ0) is 18.0. The van der Waals surface area contributed by atoms with Crippen molar-refractivity contribution in [3.63, 3.8) is 0 Å². The van der Waals surface area contributed by atoms with Gasteiger partial charge in [0, 0.05) is 13.0 Å². The molecule has 0 aromatic heterocycles. The van der Waals surface area contributed by atoms with E-state index < -0.39 is 10.0 Å². The molecule has 6 nitrogen and oxygen atoms in total. The number of amides is 1. The molecule has 0 atom stereocenters. The molecule has 1 saturated heterocycles. The van der Waals surface area contributed by atoms with E-state index in [0.29, 0.717) is 30.1 Å². The fourth-order valence-electron chi connectivity index (χ4n) is 2.74. The van der Waals surface area contributed by atoms with E-state index in [2.05, 4.69) is 4.72 Å². The molecule has 132 valence electrons. The van der Waals surface area contributed by atoms with Gasteiger partial charge >= 0.3 is 0 Å². The smallest absolute Gasteiger partial charge is 0.263 e. The molecule has 1 N–H and O–H groups in total. The lowest BCUT2D eigenvalue weighted by atomic mass is 10.2. The number of hydrogen-bond donors (Lipinski definition) is 1. The van der Waals surface area contributed by atoms with Gasteiger partial charge in [-0.2, -0.15) is 0 Å². The third-order valence-corrected chi connectivity index (χ3v) is 5.80. The highest BCUT2D eigenvalue weighted by atomic mass is 35.5. The van der Waals surface area contributed by atoms with Crippen LogP contribution in [-0.2, 0) is 14.8 Å². The van der Waals surface area contributed by atoms with Gasteiger partial charge < -0.3 is 9.64 Å². The molecule has 8 heteroatoms. The number of nitrogens with one attached hydrogen (secondary N) is 1. The number of anilines is 2. The summed E-state index contributed by atoms with van der Waals surface area (Å²) in [7, 11) is -2.34. The first-order chi connectivity index (χ1) is 11.9. The largest absolute Gasteiger partial charge is 0.495 e. The molecule has 1 heterocycles. The minimum atomic E-state index is -3.84. The Morgan fingerprint density at radius 1 is 1.20 bits per heavy atom. The number of carbonyl (C=O) groups excluding carboxylic acids is 1. The van der Waals surface area contributed by atoms with Gasteiger partial charge in [-0.05, 0) is 36.8 Å². The molecule has 0 aliphatic carbocycles. The first-order valence-electron chi connectivity index (χ1n) is 7.68. The summed E-state index contributed by atoms with van der Waals surface area (Å²) in [6.07, 6.45) is 1.23. The van der Waals surface area contributed by atoms with Crippen molar-refractivity contribution in [2.75, 3.05) is 23.3 Å². The lowest BCUT2D eigenvalue weighted by molar-refractivity contribution is -0.117. The topological polar surface area (TPSA) is 75.7 Å². The van der Waals surface area contributed by atoms with Crippen LogP contribution in [0.4, 0.5) is 11.4 Å². The van der Waals surface area contributed by atoms with Crippen molar-refractivity contribution in [1.82, 2.24) is 0 Å². The highest BCUT2D eigenvalue weighted by molar-refractivity contribution is 7.92. The Kier molecular flexibility index (Phi) is 4.87. The van der Waals surface area contributed by atoms with Gasteiger partial charge in [-0.25, -0.2) is 8.42 Å². The molecule has 0 unspecified atom stereocenters. The van der Waals surface area contributed by atoms with Crippen molar-refractivity contribution in [1.29, 1.82) is 0 Å². The van der Waals surface area contributed by atoms with Gasteiger partial charge in [0.15, 0.2) is 0 Å². The number of halogens is 1. The van der Waals surface area contributed by atoms with Crippen LogP contribution in [0.1, 0.15) is 12.8 Å². The van der Waals surface area contributed by atoms with Crippen molar-refractivity contribution >= 4 is 38.9 Å². The molecule has 3 rings (SSSR count). The third kappa shape index (κ3) is 3.57. The predicted octanol–water partition coefficient (Wildman–Crippen LogP) is 3.28. The van der Waals surface area contributed by atoms with E-state index >= 15 is 0 Å². The molecule has 1 amide bonds. The van der Waals surface area contributed by atoms with Crippen molar-refractivity contribution < 1.29 is 17.9 Å². The summed E-state index contributed by atoms with van der Waals surface area (Å²) in [5, 5.41) is 0.137. The molecule has 2 aromatic rings. The van der Waals surface area contributed by atoms with Crippen LogP contribution in [0.3, 0.4) is 0 Å². The Labute approximate surface area is 151 Å². The fraction of sp³-hybridized carbons (Fsp3) is 0.235. The Morgan fingerprint density at radius 2 is 1.96 bits per heavy atom. The van der Waals surface area contributed by atoms with E-state index in [1.807, 2.05) is 0 Å². The molecule has 1 aliphatic rings. The zero-order valence-corrected chi connectivity index (χ0v) is 15.1. The van der Waals surface area contributed by atoms with E-state index in [9.17, 15) is 13.2 Å². The zero-order valence-electron chi connectivity index (χ0n) is 13.5. The molecule has 1 aliphatic heterocycles. The fourth-order valence-corrected chi connectivity index (χ4v) is 4.31. The Balaban J connectivity index is 1.96. The molecule has 1 fully saturated rings. The van der Waals surface area contributed by atoms with Gasteiger partial charge in [-0.15, -0.1) is 0 Å². The maximum absolute atomic E-state index is 12.6. The quantitative estimate of drug-likeness (QED) is 0.863. The van der Waals surface area contributed by atoms with Crippen LogP contribution in [0.5, 0.6) is 5.75 Å². The number of ether oxygens (including phenoxy) is 1. The average Bonchev–Trinajstić information content (AvgIpc) is 3.00. The maximum Gasteiger partial charge on any atom is 0.263 e. The number of carbonyl (C=O) groups is 1. The second-order valence-corrected chi connectivity index (χ2v) is 7.63. The summed E-state index contributed by atoms with van der Waals surface area (Å²) < 4.78 is 32.9. The van der Waals surface area contributed by atoms with E-state index in [1.54, 1.807) is 35.2 Å². The van der Waals surface area contributed by atoms with E-state index in [4.69, 9.17) is 16.3 Å². The molecule has 0 saturated carbocycles. The molecule has 2 aromatic carbocycles. The normalized spacial score (nSPS) is 14.6. The first kappa shape index (κ1) is 17.6. The maximum atomic E-state index is 12.6. The standard InChI is InChI=1S/C17H17ClN2O4S/c1-24-15-9-8-12(11-14(15)20-10-4-7-17(20)21)19-25(22,23)16-6-3-2-5-13(16)18/h2-3,5-6,8-9,11,19H,4,7,10H2,1H3. The molecular weight excluding hydrogens is 364 g/mol. The number of hydrogen-bond acceptors (Lipinski definition) is 4. The highest BCUT2D eigenvalue weighted by Gasteiger charge is 2.25. The van der Waals surface area contributed by atoms with E-state index in [1.165, 1.54) is 19.2 Å². The molecule has 0 radical (unpaired) electrons. The number of sulfonamides is 1. The Morgan fingerprint density at radius 3 is 2.60 bits per heavy atom. The van der Waals surface area contributed by atoms with Gasteiger partial charge in [0.05, 0.1) is 23.5 Å². The first-order valence-corrected chi connectivity index (χ1v) is 9.54. The second-order valence-electron chi connectivity index (χ2n) is 5.57. The van der Waals surface area contributed by atoms with E-state index in [-0.39, 0.29) is 15.8 Å². The van der Waals surface area contributed by atoms with Crippen LogP contribution in [-0.4, -0.2) is 28.0 Å². The van der Waals surface area contributed by atoms with Crippen LogP contribution >= 0.6 is 11.6 Å². The van der Waals surface area contributed by atoms with Crippen molar-refractivity contribution in [3.05, 3.63) is 47.5 Å². The van der Waals surface area contributed by atoms with Gasteiger partial charge in [0.25, 0.3) is 10.0 Å². The minimum absolute atomic E-state index is 0.00807. The minimum Gasteiger partial charge on any atom is -0.495 e. The lowest BCUT2D eigenvalue weighted by Gasteiger charge is -2.20. The van der Waals surface area contributed by atoms with Crippen LogP contribution in [0.2, 0.25) is 5.02 Å². The second kappa shape index (κ2) is 6.93. The summed E-state index contributed by atoms with van der Waals surface area (Å²) in [4.78, 5) is 13.6. The molecule has 0 bridgehead atoms. The van der Waals surface area contributed by atoms with Gasteiger partial charge in [-0.1, -0.05) is 23.7 Å². The summed E-state index contributed by atoms with van der Waals surface area (Å²) in [5.41, 5.74) is 0.875. The summed E-state index contributed by atoms with van der Waals surface area (Å²) in [6, 6.07) is 11.0. The SMILES string of the molecule is COc1ccc(NS(=O)(=O)c2ccccc2Cl)cc1N1CCCC1=O. The Bertz CT molecular complexity index is 915. The summed E-state index contributed by atoms with van der Waals surface area (Å²) in [6.45, 7) is 0.579. The lowest BCUT2D eigenvalue weighted by Crippen LogP contribution is -2.24. The number of nitrogens with zero attached hydrogens (tertiary/aromatic N) is 1. The monoisotopic (exact) mass is 380 g/mol. The van der Waals surface area contributed by atoms with Crippen LogP contribution in [0.15, 0.2) is 47.4 Å². The molecule has 0 spiro atoms. The summed E-state index contributed by atoms with van der Waals surface area (Å²) >= 11 is 5.98. The highest BCUT2D eigenvalue weighted by Crippen LogP contribution is 2.35. The Hall–Kier alpha value is -2.25. The third-order valence-electron chi connectivity index (χ3n) is 3.92. The van der Waals surface area contributed by atoms with Crippen molar-refractivity contribution in [2.45, 2.75) is 17.7 Å². The van der Waals surface area contributed by atoms with Crippen LogP contribution in [0.25, 0.3) is 0 Å². The molecular formula is C17H17ClN2O4S. The van der Waals surface area contributed by atoms with Gasteiger partial charge in [-0.3, -0.25) is 9.52 Å². The van der Waals surface area contributed by atoms with Gasteiger partial charge in [0.1, 0.15) is 10.6 Å². The average molecular weight is 381 g/mol. The van der Waals surface area contributed by atoms with E-state index in [0.717, 1.165) is 6.42 Å². The number of benzene rings is 2. The number of rotatable bonds is 5. The number of methoxy groups -OCH3 is 1. The summed E-state index contributed by atoms with van der Waals surface area (Å²) in [5.74, 6) is 0.500. The molecule has 25 heavy (non-hydrogen) atoms. The van der Waals surface area contributed by atoms with Crippen LogP contribution < -0.4 is 14.4 Å². The van der Waals surface area contributed by atoms with Crippen molar-refractivity contribution in [3.8, 4) is 5.75 Å². The van der Waals surface area contributed by atoms with Gasteiger partial charge in [0.2, 0.25) is 5.91 Å². The predicted molar refractivity (Wildman–Crippen MR) is 96.8 cm³/mol. The van der Waals surface area contributed by atoms with Crippen LogP contribution in [0, 0.1) is 0 Å².